The maximum absolute atomic E-state index is 4.25. The Morgan fingerprint density at radius 1 is 0.423 bits per heavy atom. The molecule has 0 spiro atoms. The summed E-state index contributed by atoms with van der Waals surface area (Å²) in [5.74, 6) is 0.504. The SMILES string of the molecule is c1ccc2cc(C(c3ccc4ccccc4c3)C3CCC(c4cc([C@H](c5cccc6ccccc56)C5CCCN5)c5ccccc5c4)N3)ccc2c1. The van der Waals surface area contributed by atoms with Crippen molar-refractivity contribution in [3.63, 3.8) is 0 Å². The average Bonchev–Trinajstić information content (AvgIpc) is 3.92. The van der Waals surface area contributed by atoms with E-state index in [9.17, 15) is 0 Å². The van der Waals surface area contributed by atoms with Gasteiger partial charge in [0.2, 0.25) is 0 Å². The zero-order valence-electron chi connectivity index (χ0n) is 29.5. The Kier molecular flexibility index (Phi) is 8.08. The number of hydrogen-bond donors (Lipinski definition) is 2. The Hall–Kier alpha value is -5.28. The molecular formula is C50H44N2. The van der Waals surface area contributed by atoms with Crippen molar-refractivity contribution in [2.75, 3.05) is 6.54 Å². The number of rotatable bonds is 7. The maximum atomic E-state index is 4.25. The molecule has 4 atom stereocenters. The van der Waals surface area contributed by atoms with Gasteiger partial charge in [0, 0.05) is 30.0 Å². The topological polar surface area (TPSA) is 24.1 Å². The van der Waals surface area contributed by atoms with Gasteiger partial charge in [-0.2, -0.15) is 0 Å². The summed E-state index contributed by atoms with van der Waals surface area (Å²) in [6.07, 6.45) is 4.64. The average molecular weight is 673 g/mol. The fourth-order valence-corrected chi connectivity index (χ4v) is 9.70. The van der Waals surface area contributed by atoms with Crippen LogP contribution in [0.15, 0.2) is 164 Å². The number of benzene rings is 8. The highest BCUT2D eigenvalue weighted by Crippen LogP contribution is 2.43. The fourth-order valence-electron chi connectivity index (χ4n) is 9.70. The minimum atomic E-state index is 0.241. The van der Waals surface area contributed by atoms with E-state index >= 15 is 0 Å². The zero-order chi connectivity index (χ0) is 34.4. The molecule has 0 bridgehead atoms. The highest BCUT2D eigenvalue weighted by Gasteiger charge is 2.35. The van der Waals surface area contributed by atoms with Gasteiger partial charge in [-0.1, -0.05) is 158 Å². The summed E-state index contributed by atoms with van der Waals surface area (Å²) < 4.78 is 0. The Bertz CT molecular complexity index is 2480. The van der Waals surface area contributed by atoms with Crippen LogP contribution in [-0.4, -0.2) is 18.6 Å². The van der Waals surface area contributed by atoms with Gasteiger partial charge in [0.25, 0.3) is 0 Å². The van der Waals surface area contributed by atoms with Crippen molar-refractivity contribution >= 4 is 43.1 Å². The van der Waals surface area contributed by atoms with Crippen molar-refractivity contribution in [1.82, 2.24) is 10.6 Å². The first-order valence-corrected chi connectivity index (χ1v) is 19.2. The molecule has 0 aliphatic carbocycles. The number of fused-ring (bicyclic) bond motifs is 4. The molecule has 3 unspecified atom stereocenters. The third kappa shape index (κ3) is 5.68. The summed E-state index contributed by atoms with van der Waals surface area (Å²) in [6, 6.07) is 62.7. The highest BCUT2D eigenvalue weighted by atomic mass is 15.0. The van der Waals surface area contributed by atoms with Crippen molar-refractivity contribution in [3.8, 4) is 0 Å². The number of hydrogen-bond acceptors (Lipinski definition) is 2. The first-order chi connectivity index (χ1) is 25.8. The van der Waals surface area contributed by atoms with Crippen molar-refractivity contribution in [1.29, 1.82) is 0 Å². The molecule has 8 aromatic rings. The van der Waals surface area contributed by atoms with Gasteiger partial charge in [-0.05, 0) is 109 Å². The van der Waals surface area contributed by atoms with Crippen LogP contribution in [0, 0.1) is 0 Å². The smallest absolute Gasteiger partial charge is 0.0323 e. The second-order valence-electron chi connectivity index (χ2n) is 15.2. The van der Waals surface area contributed by atoms with Crippen molar-refractivity contribution in [2.45, 2.75) is 55.6 Å². The molecule has 2 saturated heterocycles. The van der Waals surface area contributed by atoms with Gasteiger partial charge < -0.3 is 10.6 Å². The maximum Gasteiger partial charge on any atom is 0.0323 e. The van der Waals surface area contributed by atoms with Gasteiger partial charge in [-0.25, -0.2) is 0 Å². The van der Waals surface area contributed by atoms with E-state index in [1.54, 1.807) is 0 Å². The Balaban J connectivity index is 1.07. The van der Waals surface area contributed by atoms with Crippen LogP contribution < -0.4 is 10.6 Å². The molecule has 2 aliphatic rings. The van der Waals surface area contributed by atoms with Crippen LogP contribution in [0.1, 0.15) is 71.4 Å². The molecule has 10 rings (SSSR count). The molecular weight excluding hydrogens is 629 g/mol. The normalized spacial score (nSPS) is 19.7. The summed E-state index contributed by atoms with van der Waals surface area (Å²) in [4.78, 5) is 0. The van der Waals surface area contributed by atoms with Crippen molar-refractivity contribution in [3.05, 3.63) is 192 Å². The molecule has 2 heteroatoms. The monoisotopic (exact) mass is 672 g/mol. The second-order valence-corrected chi connectivity index (χ2v) is 15.2. The van der Waals surface area contributed by atoms with Gasteiger partial charge in [-0.15, -0.1) is 0 Å². The predicted octanol–water partition coefficient (Wildman–Crippen LogP) is 11.8. The van der Waals surface area contributed by atoms with E-state index < -0.39 is 0 Å². The molecule has 2 N–H and O–H groups in total. The van der Waals surface area contributed by atoms with E-state index in [1.165, 1.54) is 83.7 Å². The van der Waals surface area contributed by atoms with Gasteiger partial charge in [-0.3, -0.25) is 0 Å². The third-order valence-electron chi connectivity index (χ3n) is 12.2. The van der Waals surface area contributed by atoms with E-state index in [-0.39, 0.29) is 17.9 Å². The van der Waals surface area contributed by atoms with Crippen molar-refractivity contribution in [2.24, 2.45) is 0 Å². The minimum absolute atomic E-state index is 0.241. The van der Waals surface area contributed by atoms with Crippen LogP contribution in [0.4, 0.5) is 0 Å². The summed E-state index contributed by atoms with van der Waals surface area (Å²) in [6.45, 7) is 1.08. The summed E-state index contributed by atoms with van der Waals surface area (Å²) in [5.41, 5.74) is 7.07. The van der Waals surface area contributed by atoms with Crippen LogP contribution in [0.3, 0.4) is 0 Å². The molecule has 2 aliphatic heterocycles. The fraction of sp³-hybridized carbons (Fsp3) is 0.200. The first kappa shape index (κ1) is 31.5. The highest BCUT2D eigenvalue weighted by molar-refractivity contribution is 5.91. The Morgan fingerprint density at radius 3 is 1.69 bits per heavy atom. The Labute approximate surface area is 306 Å². The molecule has 0 radical (unpaired) electrons. The van der Waals surface area contributed by atoms with Crippen LogP contribution in [0.25, 0.3) is 43.1 Å². The first-order valence-electron chi connectivity index (χ1n) is 19.2. The molecule has 52 heavy (non-hydrogen) atoms. The summed E-state index contributed by atoms with van der Waals surface area (Å²) in [7, 11) is 0. The zero-order valence-corrected chi connectivity index (χ0v) is 29.5. The van der Waals surface area contributed by atoms with E-state index in [2.05, 4.69) is 174 Å². The van der Waals surface area contributed by atoms with Gasteiger partial charge >= 0.3 is 0 Å². The van der Waals surface area contributed by atoms with Crippen LogP contribution >= 0.6 is 0 Å². The molecule has 0 saturated carbocycles. The number of nitrogens with one attached hydrogen (secondary N) is 2. The van der Waals surface area contributed by atoms with E-state index in [0.29, 0.717) is 12.1 Å². The lowest BCUT2D eigenvalue weighted by molar-refractivity contribution is 0.506. The van der Waals surface area contributed by atoms with Crippen LogP contribution in [0.2, 0.25) is 0 Å². The second kappa shape index (κ2) is 13.4. The lowest BCUT2D eigenvalue weighted by atomic mass is 9.79. The van der Waals surface area contributed by atoms with Gasteiger partial charge in [0.05, 0.1) is 0 Å². The molecule has 2 fully saturated rings. The quantitative estimate of drug-likeness (QED) is 0.176. The molecule has 2 nitrogen and oxygen atoms in total. The molecule has 254 valence electrons. The van der Waals surface area contributed by atoms with Crippen LogP contribution in [0.5, 0.6) is 0 Å². The third-order valence-corrected chi connectivity index (χ3v) is 12.2. The van der Waals surface area contributed by atoms with Gasteiger partial charge in [0.15, 0.2) is 0 Å². The van der Waals surface area contributed by atoms with Gasteiger partial charge in [0.1, 0.15) is 0 Å². The van der Waals surface area contributed by atoms with E-state index in [0.717, 1.165) is 19.4 Å². The van der Waals surface area contributed by atoms with E-state index in [4.69, 9.17) is 0 Å². The Morgan fingerprint density at radius 2 is 1.02 bits per heavy atom. The van der Waals surface area contributed by atoms with E-state index in [1.807, 2.05) is 0 Å². The molecule has 0 aromatic heterocycles. The minimum Gasteiger partial charge on any atom is -0.313 e. The molecule has 2 heterocycles. The van der Waals surface area contributed by atoms with Crippen molar-refractivity contribution < 1.29 is 0 Å². The molecule has 0 amide bonds. The lowest BCUT2D eigenvalue weighted by Crippen LogP contribution is -2.32. The standard InChI is InChI=1S/C50H44N2/c1-3-14-36-29-39(24-22-33(36)11-1)49(40-25-23-34-12-2-4-15-37(34)30-40)48-27-26-46(52-48)41-31-38-16-6-8-19-43(38)45(32-41)50(47-21-10-28-51-47)44-20-9-17-35-13-5-7-18-42(35)44/h1-9,11-20,22-25,29-32,46-52H,10,21,26-28H2/t46?,47?,48?,50-/m0/s1. The lowest BCUT2D eigenvalue weighted by Gasteiger charge is -2.29. The predicted molar refractivity (Wildman–Crippen MR) is 219 cm³/mol. The summed E-state index contributed by atoms with van der Waals surface area (Å²) in [5, 5.41) is 18.8. The summed E-state index contributed by atoms with van der Waals surface area (Å²) >= 11 is 0. The van der Waals surface area contributed by atoms with Crippen LogP contribution in [-0.2, 0) is 0 Å². The largest absolute Gasteiger partial charge is 0.313 e. The molecule has 8 aromatic carbocycles.